The van der Waals surface area contributed by atoms with Crippen molar-refractivity contribution in [2.75, 3.05) is 50.5 Å². The van der Waals surface area contributed by atoms with Crippen LogP contribution in [0.1, 0.15) is 47.2 Å². The predicted octanol–water partition coefficient (Wildman–Crippen LogP) is 29.1. The van der Waals surface area contributed by atoms with Crippen LogP contribution in [0.2, 0.25) is 0 Å². The zero-order chi connectivity index (χ0) is 77.8. The summed E-state index contributed by atoms with van der Waals surface area (Å²) in [5.74, 6) is 0. The first-order valence-electron chi connectivity index (χ1n) is 39.6. The van der Waals surface area contributed by atoms with Gasteiger partial charge in [0.05, 0.1) is 5.41 Å². The van der Waals surface area contributed by atoms with E-state index in [2.05, 4.69) is 501 Å². The Labute approximate surface area is 676 Å². The fourth-order valence-electron chi connectivity index (χ4n) is 17.4. The zero-order valence-corrected chi connectivity index (χ0v) is 65.3. The molecule has 3 aliphatic carbocycles. The highest BCUT2D eigenvalue weighted by Gasteiger charge is 2.52. The molecule has 0 heterocycles. The smallest absolute Gasteiger partial charge is 0.0726 e. The maximum Gasteiger partial charge on any atom is 0.0726 e. The lowest BCUT2D eigenvalue weighted by molar-refractivity contribution is 0.660. The van der Waals surface area contributed by atoms with Crippen LogP contribution in [0.25, 0.3) is 44.5 Å². The highest BCUT2D eigenvalue weighted by atomic mass is 15.2. The van der Waals surface area contributed by atoms with E-state index in [0.29, 0.717) is 0 Å². The summed E-state index contributed by atoms with van der Waals surface area (Å²) >= 11 is 0. The molecule has 17 aromatic carbocycles. The SMILES string of the molecule is CN(c1ccccc1)c1ccc(-c2ccc(N(c3ccccc3)c3ccccc3)cc2)cc1.CN(c1ccccc1)c1ccc(N(c2ccccc2)c2ccc3c(c2)C2(c4ccccc4-c4ccccc42)c2ccccc2-3)cc1.CN(c1ccccc1)c1ccc2c(c1)C(C)(C)c1cc(N(c3ccccc3)c3ccccc3)ccc1-2. The second-order valence-electron chi connectivity index (χ2n) is 30.2. The standard InChI is InChI=1S/C44H32N2.C34H30N2.C31H26N2/c1-45(31-14-4-2-5-15-31)32-24-26-34(27-25-32)46(33-16-6-3-7-17-33)35-28-29-39-38-20-10-13-23-42(38)44(43(39)30-35)40-21-11-8-18-36(40)37-19-9-12-22-41(37)44;1-34(2)32-23-28(35(3)25-13-7-4-8-14-25)19-21-30(32)31-22-20-29(24-33(31)34)36(26-15-9-5-10-16-26)27-17-11-6-12-18-27;1-32(27-11-5-2-6-12-27)28-21-17-25(18-22-28)26-19-23-31(24-20-26)33(29-13-7-3-8-14-29)30-15-9-4-10-16-30/h2-30H,1H3;4-24H,1-3H3;2-24H,1H3. The maximum atomic E-state index is 2.45. The Balaban J connectivity index is 0.000000122. The van der Waals surface area contributed by atoms with Crippen LogP contribution in [0.3, 0.4) is 0 Å². The Morgan fingerprint density at radius 2 is 0.348 bits per heavy atom. The molecule has 0 N–H and O–H groups in total. The van der Waals surface area contributed by atoms with Crippen molar-refractivity contribution in [2.24, 2.45) is 0 Å². The molecule has 20 rings (SSSR count). The summed E-state index contributed by atoms with van der Waals surface area (Å²) in [6.07, 6.45) is 0. The largest absolute Gasteiger partial charge is 0.345 e. The van der Waals surface area contributed by atoms with Crippen molar-refractivity contribution in [1.29, 1.82) is 0 Å². The van der Waals surface area contributed by atoms with E-state index in [9.17, 15) is 0 Å². The highest BCUT2D eigenvalue weighted by Crippen LogP contribution is 2.64. The third-order valence-electron chi connectivity index (χ3n) is 23.2. The monoisotopic (exact) mass is 1480 g/mol. The fourth-order valence-corrected chi connectivity index (χ4v) is 17.4. The summed E-state index contributed by atoms with van der Waals surface area (Å²) in [4.78, 5) is 13.7. The molecule has 0 saturated carbocycles. The van der Waals surface area contributed by atoms with Crippen LogP contribution in [-0.2, 0) is 10.8 Å². The number of benzene rings is 17. The fraction of sp³-hybridized carbons (Fsp3) is 0.0642. The van der Waals surface area contributed by atoms with Gasteiger partial charge in [-0.1, -0.05) is 275 Å². The second kappa shape index (κ2) is 31.4. The minimum absolute atomic E-state index is 0.104. The summed E-state index contributed by atoms with van der Waals surface area (Å²) in [6, 6.07) is 159. The van der Waals surface area contributed by atoms with Crippen LogP contribution >= 0.6 is 0 Å². The Morgan fingerprint density at radius 3 is 0.678 bits per heavy atom. The van der Waals surface area contributed by atoms with Gasteiger partial charge in [-0.15, -0.1) is 0 Å². The molecule has 0 aromatic heterocycles. The molecule has 0 radical (unpaired) electrons. The molecule has 0 amide bonds. The van der Waals surface area contributed by atoms with E-state index >= 15 is 0 Å². The van der Waals surface area contributed by atoms with Gasteiger partial charge in [0.25, 0.3) is 0 Å². The van der Waals surface area contributed by atoms with Crippen molar-refractivity contribution in [3.63, 3.8) is 0 Å². The van der Waals surface area contributed by atoms with Gasteiger partial charge >= 0.3 is 0 Å². The molecular formula is C109H88N6. The van der Waals surface area contributed by atoms with Crippen molar-refractivity contribution in [3.8, 4) is 44.5 Å². The first-order chi connectivity index (χ1) is 56.6. The van der Waals surface area contributed by atoms with Crippen LogP contribution in [0.4, 0.5) is 85.3 Å². The molecule has 17 aromatic rings. The van der Waals surface area contributed by atoms with Gasteiger partial charge in [0.1, 0.15) is 0 Å². The molecule has 0 saturated heterocycles. The van der Waals surface area contributed by atoms with Gasteiger partial charge in [-0.2, -0.15) is 0 Å². The minimum Gasteiger partial charge on any atom is -0.345 e. The molecule has 3 aliphatic rings. The lowest BCUT2D eigenvalue weighted by Crippen LogP contribution is -2.26. The lowest BCUT2D eigenvalue weighted by atomic mass is 9.70. The van der Waals surface area contributed by atoms with Gasteiger partial charge < -0.3 is 29.4 Å². The quantitative estimate of drug-likeness (QED) is 0.0953. The minimum atomic E-state index is -0.375. The normalized spacial score (nSPS) is 12.4. The van der Waals surface area contributed by atoms with Crippen LogP contribution in [0, 0.1) is 0 Å². The van der Waals surface area contributed by atoms with E-state index in [1.807, 2.05) is 6.07 Å². The average molecular weight is 1480 g/mol. The molecule has 115 heavy (non-hydrogen) atoms. The summed E-state index contributed by atoms with van der Waals surface area (Å²) in [6.45, 7) is 4.70. The third kappa shape index (κ3) is 13.6. The van der Waals surface area contributed by atoms with Crippen LogP contribution < -0.4 is 29.4 Å². The molecule has 6 heteroatoms. The number of fused-ring (bicyclic) bond motifs is 13. The van der Waals surface area contributed by atoms with Crippen molar-refractivity contribution in [1.82, 2.24) is 0 Å². The van der Waals surface area contributed by atoms with E-state index in [1.54, 1.807) is 0 Å². The van der Waals surface area contributed by atoms with Gasteiger partial charge in [-0.05, 0) is 260 Å². The van der Waals surface area contributed by atoms with E-state index in [0.717, 1.165) is 56.9 Å². The molecule has 0 fully saturated rings. The van der Waals surface area contributed by atoms with E-state index in [-0.39, 0.29) is 10.8 Å². The molecule has 0 bridgehead atoms. The molecule has 0 unspecified atom stereocenters. The summed E-state index contributed by atoms with van der Waals surface area (Å²) in [5, 5.41) is 0. The number of hydrogen-bond acceptors (Lipinski definition) is 6. The predicted molar refractivity (Wildman–Crippen MR) is 486 cm³/mol. The van der Waals surface area contributed by atoms with E-state index in [4.69, 9.17) is 0 Å². The molecule has 554 valence electrons. The van der Waals surface area contributed by atoms with Crippen molar-refractivity contribution in [3.05, 3.63) is 476 Å². The van der Waals surface area contributed by atoms with E-state index < -0.39 is 0 Å². The van der Waals surface area contributed by atoms with Gasteiger partial charge in [-0.3, -0.25) is 0 Å². The van der Waals surface area contributed by atoms with E-state index in [1.165, 1.54) is 106 Å². The van der Waals surface area contributed by atoms with Crippen molar-refractivity contribution >= 4 is 85.3 Å². The molecule has 6 nitrogen and oxygen atoms in total. The number of anilines is 15. The molecule has 0 aliphatic heterocycles. The Bertz CT molecular complexity index is 6060. The Morgan fingerprint density at radius 1 is 0.157 bits per heavy atom. The first-order valence-corrected chi connectivity index (χ1v) is 39.6. The third-order valence-corrected chi connectivity index (χ3v) is 23.2. The average Bonchev–Trinajstić information content (AvgIpc) is 1.51. The van der Waals surface area contributed by atoms with Gasteiger partial charge in [0.2, 0.25) is 0 Å². The van der Waals surface area contributed by atoms with Crippen LogP contribution in [0.15, 0.2) is 443 Å². The van der Waals surface area contributed by atoms with Gasteiger partial charge in [0.15, 0.2) is 0 Å². The van der Waals surface area contributed by atoms with Gasteiger partial charge in [0, 0.05) is 112 Å². The molecule has 0 atom stereocenters. The first kappa shape index (κ1) is 72.1. The van der Waals surface area contributed by atoms with Crippen molar-refractivity contribution < 1.29 is 0 Å². The maximum absolute atomic E-state index is 2.45. The molecule has 1 spiro atoms. The molecular weight excluding hydrogens is 1390 g/mol. The van der Waals surface area contributed by atoms with Crippen LogP contribution in [0.5, 0.6) is 0 Å². The highest BCUT2D eigenvalue weighted by molar-refractivity contribution is 5.97. The number of para-hydroxylation sites is 8. The van der Waals surface area contributed by atoms with Gasteiger partial charge in [-0.25, -0.2) is 0 Å². The zero-order valence-electron chi connectivity index (χ0n) is 65.3. The van der Waals surface area contributed by atoms with Crippen LogP contribution in [-0.4, -0.2) is 21.1 Å². The Hall–Kier alpha value is -14.5. The number of rotatable bonds is 16. The Kier molecular flexibility index (Phi) is 19.7. The number of hydrogen-bond donors (Lipinski definition) is 0. The summed E-state index contributed by atoms with van der Waals surface area (Å²) < 4.78 is 0. The second-order valence-corrected chi connectivity index (χ2v) is 30.2. The summed E-state index contributed by atoms with van der Waals surface area (Å²) in [5.41, 5.74) is 35.4. The number of nitrogens with zero attached hydrogens (tertiary/aromatic N) is 6. The lowest BCUT2D eigenvalue weighted by Gasteiger charge is -2.32. The topological polar surface area (TPSA) is 19.4 Å². The van der Waals surface area contributed by atoms with Crippen molar-refractivity contribution in [2.45, 2.75) is 24.7 Å². The summed E-state index contributed by atoms with van der Waals surface area (Å²) in [7, 11) is 6.36.